The van der Waals surface area contributed by atoms with E-state index >= 15 is 0 Å². The largest absolute Gasteiger partial charge is 0.478 e. The van der Waals surface area contributed by atoms with E-state index < -0.39 is 12.0 Å². The molecule has 12 heteroatoms. The first-order chi connectivity index (χ1) is 20.1. The molecule has 0 bridgehead atoms. The van der Waals surface area contributed by atoms with Crippen molar-refractivity contribution in [1.82, 2.24) is 19.7 Å². The number of aryl methyl sites for hydroxylation is 2. The van der Waals surface area contributed by atoms with E-state index in [1.165, 1.54) is 4.88 Å². The highest BCUT2D eigenvalue weighted by molar-refractivity contribution is 9.10. The van der Waals surface area contributed by atoms with Gasteiger partial charge in [0.25, 0.3) is 0 Å². The highest BCUT2D eigenvalue weighted by Gasteiger charge is 2.34. The van der Waals surface area contributed by atoms with E-state index in [0.29, 0.717) is 41.5 Å². The number of carbonyl (C=O) groups excluding carboxylic acids is 1. The lowest BCUT2D eigenvalue weighted by Gasteiger charge is -2.36. The average molecular weight is 668 g/mol. The Bertz CT molecular complexity index is 1740. The van der Waals surface area contributed by atoms with Gasteiger partial charge in [0.2, 0.25) is 5.91 Å². The van der Waals surface area contributed by atoms with Crippen LogP contribution in [0.1, 0.15) is 56.0 Å². The molecule has 2 aromatic carbocycles. The van der Waals surface area contributed by atoms with Gasteiger partial charge < -0.3 is 14.9 Å². The monoisotopic (exact) mass is 666 g/mol. The summed E-state index contributed by atoms with van der Waals surface area (Å²) in [6, 6.07) is 12.4. The van der Waals surface area contributed by atoms with Crippen molar-refractivity contribution < 1.29 is 14.7 Å². The summed E-state index contributed by atoms with van der Waals surface area (Å²) >= 11 is 11.2. The second-order valence-corrected chi connectivity index (χ2v) is 12.9. The summed E-state index contributed by atoms with van der Waals surface area (Å²) in [5, 5.41) is 20.1. The zero-order chi connectivity index (χ0) is 29.7. The molecule has 1 atom stereocenters. The first kappa shape index (κ1) is 28.6. The van der Waals surface area contributed by atoms with Gasteiger partial charge in [-0.3, -0.25) is 14.4 Å². The van der Waals surface area contributed by atoms with Crippen molar-refractivity contribution in [2.24, 2.45) is 4.99 Å². The van der Waals surface area contributed by atoms with Crippen molar-refractivity contribution in [3.63, 3.8) is 0 Å². The molecule has 0 aliphatic carbocycles. The van der Waals surface area contributed by atoms with Gasteiger partial charge in [-0.2, -0.15) is 0 Å². The number of benzene rings is 2. The minimum atomic E-state index is -0.984. The number of carboxylic acid groups (broad SMARTS) is 1. The number of rotatable bonds is 5. The molecule has 1 amide bonds. The summed E-state index contributed by atoms with van der Waals surface area (Å²) in [5.41, 5.74) is 4.96. The fraction of sp³-hybridized carbons (Fsp3) is 0.300. The third-order valence-electron chi connectivity index (χ3n) is 7.90. The number of carboxylic acids is 1. The maximum atomic E-state index is 13.7. The van der Waals surface area contributed by atoms with E-state index in [1.54, 1.807) is 23.5 Å². The van der Waals surface area contributed by atoms with Crippen LogP contribution in [-0.2, 0) is 4.79 Å². The number of carbonyl (C=O) groups is 2. The Balaban J connectivity index is 1.28. The molecule has 9 nitrogen and oxygen atoms in total. The third-order valence-corrected chi connectivity index (χ3v) is 10.0. The van der Waals surface area contributed by atoms with Crippen molar-refractivity contribution in [3.05, 3.63) is 90.7 Å². The number of amides is 1. The number of hydrogen-bond donors (Lipinski definition) is 1. The molecule has 0 radical (unpaired) electrons. The van der Waals surface area contributed by atoms with Crippen molar-refractivity contribution >= 4 is 62.1 Å². The molecule has 0 saturated carbocycles. The molecule has 4 heterocycles. The topological polar surface area (TPSA) is 104 Å². The average Bonchev–Trinajstić information content (AvgIpc) is 3.45. The summed E-state index contributed by atoms with van der Waals surface area (Å²) in [7, 11) is 0. The normalized spacial score (nSPS) is 16.5. The van der Waals surface area contributed by atoms with Crippen LogP contribution in [0.5, 0.6) is 0 Å². The fourth-order valence-electron chi connectivity index (χ4n) is 5.51. The molecule has 42 heavy (non-hydrogen) atoms. The number of aromatic nitrogens is 3. The van der Waals surface area contributed by atoms with Crippen molar-refractivity contribution in [1.29, 1.82) is 0 Å². The second-order valence-electron chi connectivity index (χ2n) is 10.4. The highest BCUT2D eigenvalue weighted by Crippen LogP contribution is 2.40. The van der Waals surface area contributed by atoms with Gasteiger partial charge in [-0.25, -0.2) is 4.79 Å². The molecule has 0 spiro atoms. The maximum absolute atomic E-state index is 13.7. The Morgan fingerprint density at radius 1 is 1.05 bits per heavy atom. The van der Waals surface area contributed by atoms with E-state index in [0.717, 1.165) is 38.9 Å². The van der Waals surface area contributed by atoms with Gasteiger partial charge >= 0.3 is 5.97 Å². The lowest BCUT2D eigenvalue weighted by molar-refractivity contribution is -0.131. The molecular formula is C30H28BrClN6O3S. The number of thiophene rings is 1. The molecule has 4 aromatic rings. The molecule has 2 aliphatic rings. The molecule has 6 rings (SSSR count). The van der Waals surface area contributed by atoms with E-state index in [2.05, 4.69) is 49.4 Å². The molecule has 2 aliphatic heterocycles. The van der Waals surface area contributed by atoms with E-state index in [4.69, 9.17) is 16.6 Å². The molecule has 2 aromatic heterocycles. The predicted molar refractivity (Wildman–Crippen MR) is 168 cm³/mol. The molecular weight excluding hydrogens is 640 g/mol. The zero-order valence-electron chi connectivity index (χ0n) is 23.3. The summed E-state index contributed by atoms with van der Waals surface area (Å²) in [6.45, 7) is 8.37. The Morgan fingerprint density at radius 2 is 1.76 bits per heavy atom. The van der Waals surface area contributed by atoms with Crippen LogP contribution < -0.4 is 4.90 Å². The van der Waals surface area contributed by atoms with Gasteiger partial charge in [-0.05, 0) is 72.6 Å². The van der Waals surface area contributed by atoms with Crippen LogP contribution in [0.4, 0.5) is 5.69 Å². The summed E-state index contributed by atoms with van der Waals surface area (Å²) < 4.78 is 2.59. The quantitative estimate of drug-likeness (QED) is 0.280. The number of halogens is 2. The Kier molecular flexibility index (Phi) is 7.67. The zero-order valence-corrected chi connectivity index (χ0v) is 26.4. The Hall–Kier alpha value is -3.54. The van der Waals surface area contributed by atoms with Crippen molar-refractivity contribution in [3.8, 4) is 5.00 Å². The van der Waals surface area contributed by atoms with E-state index in [1.807, 2.05) is 42.2 Å². The van der Waals surface area contributed by atoms with Crippen LogP contribution in [0.25, 0.3) is 5.00 Å². The lowest BCUT2D eigenvalue weighted by Crippen LogP contribution is -2.49. The number of hydrogen-bond acceptors (Lipinski definition) is 7. The third kappa shape index (κ3) is 5.14. The van der Waals surface area contributed by atoms with Crippen LogP contribution in [0, 0.1) is 20.8 Å². The number of nitrogens with zero attached hydrogens (tertiary/aromatic N) is 6. The van der Waals surface area contributed by atoms with Gasteiger partial charge in [-0.1, -0.05) is 23.7 Å². The number of aromatic carboxylic acids is 1. The van der Waals surface area contributed by atoms with Gasteiger partial charge in [-0.15, -0.1) is 21.5 Å². The number of aliphatic imine (C=N–C) groups is 1. The minimum Gasteiger partial charge on any atom is -0.478 e. The van der Waals surface area contributed by atoms with Gasteiger partial charge in [0, 0.05) is 57.4 Å². The minimum absolute atomic E-state index is 0.00810. The van der Waals surface area contributed by atoms with E-state index in [-0.39, 0.29) is 17.9 Å². The maximum Gasteiger partial charge on any atom is 0.336 e. The first-order valence-electron chi connectivity index (χ1n) is 13.5. The van der Waals surface area contributed by atoms with Gasteiger partial charge in [0.1, 0.15) is 16.9 Å². The van der Waals surface area contributed by atoms with Gasteiger partial charge in [0.15, 0.2) is 5.82 Å². The first-order valence-corrected chi connectivity index (χ1v) is 15.5. The summed E-state index contributed by atoms with van der Waals surface area (Å²) in [4.78, 5) is 35.7. The van der Waals surface area contributed by atoms with Gasteiger partial charge in [0.05, 0.1) is 17.7 Å². The van der Waals surface area contributed by atoms with Crippen LogP contribution in [0.15, 0.2) is 51.9 Å². The molecule has 1 N–H and O–H groups in total. The summed E-state index contributed by atoms with van der Waals surface area (Å²) in [5.74, 6) is 0.414. The highest BCUT2D eigenvalue weighted by atomic mass is 79.9. The van der Waals surface area contributed by atoms with E-state index in [9.17, 15) is 14.7 Å². The smallest absolute Gasteiger partial charge is 0.336 e. The van der Waals surface area contributed by atoms with Crippen LogP contribution >= 0.6 is 38.9 Å². The molecule has 216 valence electrons. The fourth-order valence-corrected chi connectivity index (χ4v) is 7.27. The van der Waals surface area contributed by atoms with Crippen molar-refractivity contribution in [2.45, 2.75) is 33.2 Å². The van der Waals surface area contributed by atoms with Crippen LogP contribution in [-0.4, -0.2) is 68.5 Å². The van der Waals surface area contributed by atoms with Crippen LogP contribution in [0.3, 0.4) is 0 Å². The Labute approximate surface area is 260 Å². The Morgan fingerprint density at radius 3 is 2.45 bits per heavy atom. The second kappa shape index (κ2) is 11.3. The number of fused-ring (bicyclic) bond motifs is 3. The summed E-state index contributed by atoms with van der Waals surface area (Å²) in [6.07, 6.45) is 0.156. The molecule has 0 unspecified atom stereocenters. The lowest BCUT2D eigenvalue weighted by atomic mass is 9.99. The predicted octanol–water partition coefficient (Wildman–Crippen LogP) is 6.00. The number of piperazine rings is 1. The standard InChI is InChI=1S/C30H28BrClN6O3S/c1-16-17(2)42-29-26(16)27(19-4-6-20(32)7-5-19)33-24(28-35-34-18(3)38(28)29)15-25(39)37-12-10-36(11-13-37)21-8-9-23(31)22(14-21)30(40)41/h4-9,14,24H,10-13,15H2,1-3H3,(H,40,41)/t24-/m0/s1. The molecule has 1 saturated heterocycles. The van der Waals surface area contributed by atoms with Crippen LogP contribution in [0.2, 0.25) is 5.02 Å². The molecule has 1 fully saturated rings. The number of anilines is 1. The SMILES string of the molecule is Cc1sc2c(c1C)C(c1ccc(Cl)cc1)=N[C@@H](CC(=O)N1CCN(c3ccc(Br)c(C(=O)O)c3)CC1)c1nnc(C)n1-2. The van der Waals surface area contributed by atoms with Crippen molar-refractivity contribution in [2.75, 3.05) is 31.1 Å².